The summed E-state index contributed by atoms with van der Waals surface area (Å²) in [6.07, 6.45) is 0.0473. The third-order valence-corrected chi connectivity index (χ3v) is 4.19. The molecule has 0 fully saturated rings. The summed E-state index contributed by atoms with van der Waals surface area (Å²) in [7, 11) is 0. The van der Waals surface area contributed by atoms with Crippen molar-refractivity contribution in [1.82, 2.24) is 0 Å². The number of rotatable bonds is 4. The fraction of sp³-hybridized carbons (Fsp3) is 0.385. The van der Waals surface area contributed by atoms with Gasteiger partial charge in [-0.3, -0.25) is 0 Å². The number of aliphatic hydroxyl groups excluding tert-OH is 1. The van der Waals surface area contributed by atoms with Crippen LogP contribution < -0.4 is 0 Å². The zero-order valence-corrected chi connectivity index (χ0v) is 11.1. The fourth-order valence-electron chi connectivity index (χ4n) is 2.01. The van der Waals surface area contributed by atoms with E-state index in [9.17, 15) is 5.11 Å². The predicted molar refractivity (Wildman–Crippen MR) is 65.4 cm³/mol. The Morgan fingerprint density at radius 1 is 1.44 bits per heavy atom. The minimum absolute atomic E-state index is 0.0129. The van der Waals surface area contributed by atoms with Crippen LogP contribution >= 0.6 is 0 Å². The van der Waals surface area contributed by atoms with E-state index in [0.29, 0.717) is 15.0 Å². The quantitative estimate of drug-likeness (QED) is 0.680. The summed E-state index contributed by atoms with van der Waals surface area (Å²) in [6, 6.07) is 7.87. The molecule has 2 atom stereocenters. The maximum absolute atomic E-state index is 9.75. The molecule has 0 aliphatic carbocycles. The van der Waals surface area contributed by atoms with Crippen LogP contribution in [0, 0.1) is 0 Å². The van der Waals surface area contributed by atoms with Crippen LogP contribution in [0.15, 0.2) is 36.4 Å². The van der Waals surface area contributed by atoms with E-state index in [1.807, 2.05) is 24.3 Å². The van der Waals surface area contributed by atoms with Crippen LogP contribution in [0.1, 0.15) is 29.9 Å². The first-order chi connectivity index (χ1) is 7.72. The third kappa shape index (κ3) is 2.38. The van der Waals surface area contributed by atoms with Gasteiger partial charge in [-0.15, -0.1) is 0 Å². The van der Waals surface area contributed by atoms with E-state index in [1.54, 1.807) is 0 Å². The minimum atomic E-state index is -0.763. The van der Waals surface area contributed by atoms with E-state index < -0.39 is 6.29 Å². The van der Waals surface area contributed by atoms with Crippen molar-refractivity contribution >= 4 is 15.0 Å². The molecule has 86 valence electrons. The van der Waals surface area contributed by atoms with Crippen LogP contribution in [0.4, 0.5) is 0 Å². The van der Waals surface area contributed by atoms with E-state index in [1.165, 1.54) is 5.57 Å². The number of benzene rings is 1. The summed E-state index contributed by atoms with van der Waals surface area (Å²) in [6.45, 7) is 4.06. The maximum atomic E-state index is 9.75. The molecule has 0 spiro atoms. The molecule has 0 aromatic heterocycles. The molecular weight excluding hydrogens is 267 g/mol. The average molecular weight is 283 g/mol. The van der Waals surface area contributed by atoms with Gasteiger partial charge in [0.15, 0.2) is 0 Å². The molecule has 1 aliphatic rings. The summed E-state index contributed by atoms with van der Waals surface area (Å²) < 4.78 is 5.55. The second-order valence-corrected chi connectivity index (χ2v) is 5.81. The van der Waals surface area contributed by atoms with Gasteiger partial charge in [0.25, 0.3) is 0 Å². The van der Waals surface area contributed by atoms with Gasteiger partial charge in [0, 0.05) is 0 Å². The molecule has 0 amide bonds. The van der Waals surface area contributed by atoms with Gasteiger partial charge in [-0.2, -0.15) is 0 Å². The molecule has 0 saturated heterocycles. The second-order valence-electron chi connectivity index (χ2n) is 3.99. The van der Waals surface area contributed by atoms with E-state index in [2.05, 4.69) is 12.4 Å². The molecular formula is C13H16O2Se. The van der Waals surface area contributed by atoms with Crippen molar-refractivity contribution in [2.45, 2.75) is 30.0 Å². The topological polar surface area (TPSA) is 29.5 Å². The Labute approximate surface area is 102 Å². The van der Waals surface area contributed by atoms with Crippen molar-refractivity contribution in [3.63, 3.8) is 0 Å². The van der Waals surface area contributed by atoms with Crippen molar-refractivity contribution in [2.75, 3.05) is 0 Å². The summed E-state index contributed by atoms with van der Waals surface area (Å²) in [5.74, 6) is 2.20. The summed E-state index contributed by atoms with van der Waals surface area (Å²) in [5, 5.41) is 10.8. The predicted octanol–water partition coefficient (Wildman–Crippen LogP) is 2.87. The second kappa shape index (κ2) is 5.15. The van der Waals surface area contributed by atoms with Gasteiger partial charge in [0.05, 0.1) is 0 Å². The third-order valence-electron chi connectivity index (χ3n) is 2.72. The molecule has 2 unspecified atom stereocenters. The van der Waals surface area contributed by atoms with Crippen molar-refractivity contribution in [3.05, 3.63) is 47.5 Å². The van der Waals surface area contributed by atoms with Gasteiger partial charge in [-0.25, -0.2) is 0 Å². The number of hydrogen-bond acceptors (Lipinski definition) is 2. The molecule has 1 heterocycles. The average Bonchev–Trinajstić information content (AvgIpc) is 2.57. The first-order valence-electron chi connectivity index (χ1n) is 5.30. The fourth-order valence-corrected chi connectivity index (χ4v) is 3.12. The first kappa shape index (κ1) is 11.9. The molecule has 1 aromatic rings. The Bertz CT molecular complexity index is 389. The van der Waals surface area contributed by atoms with Crippen LogP contribution in [-0.4, -0.2) is 20.1 Å². The molecule has 1 aliphatic heterocycles. The Morgan fingerprint density at radius 2 is 2.12 bits per heavy atom. The van der Waals surface area contributed by atoms with Gasteiger partial charge in [0.1, 0.15) is 0 Å². The molecule has 3 heteroatoms. The van der Waals surface area contributed by atoms with Crippen LogP contribution in [-0.2, 0) is 4.74 Å². The molecule has 0 radical (unpaired) electrons. The number of hydrogen-bond donors (Lipinski definition) is 1. The van der Waals surface area contributed by atoms with Gasteiger partial charge in [0.2, 0.25) is 0 Å². The molecule has 0 saturated carbocycles. The van der Waals surface area contributed by atoms with Gasteiger partial charge >= 0.3 is 102 Å². The monoisotopic (exact) mass is 284 g/mol. The number of fused-ring (bicyclic) bond motifs is 1. The van der Waals surface area contributed by atoms with Crippen LogP contribution in [0.3, 0.4) is 0 Å². The summed E-state index contributed by atoms with van der Waals surface area (Å²) in [4.78, 5) is 0. The van der Waals surface area contributed by atoms with Crippen LogP contribution in [0.2, 0.25) is 11.1 Å². The van der Waals surface area contributed by atoms with Crippen molar-refractivity contribution in [2.24, 2.45) is 0 Å². The van der Waals surface area contributed by atoms with Gasteiger partial charge < -0.3 is 0 Å². The molecule has 1 aromatic carbocycles. The Balaban J connectivity index is 2.12. The SMILES string of the molecule is C=C(C[Se]C)CC1OC(O)c2ccccc21. The zero-order valence-electron chi connectivity index (χ0n) is 9.35. The standard InChI is InChI=1S/C13H16O2Se/c1-9(8-16-2)7-12-10-5-3-4-6-11(10)13(14)15-12/h3-6,12-14H,1,7-8H2,2H3. The molecule has 2 rings (SSSR count). The number of aliphatic hydroxyl groups is 1. The molecule has 1 N–H and O–H groups in total. The Kier molecular flexibility index (Phi) is 3.82. The van der Waals surface area contributed by atoms with E-state index >= 15 is 0 Å². The number of ether oxygens (including phenoxy) is 1. The Hall–Kier alpha value is -0.601. The molecule has 0 bridgehead atoms. The molecule has 2 nitrogen and oxygen atoms in total. The first-order valence-corrected chi connectivity index (χ1v) is 8.22. The van der Waals surface area contributed by atoms with E-state index in [-0.39, 0.29) is 6.10 Å². The zero-order chi connectivity index (χ0) is 11.5. The van der Waals surface area contributed by atoms with E-state index in [0.717, 1.165) is 22.9 Å². The summed E-state index contributed by atoms with van der Waals surface area (Å²) in [5.41, 5.74) is 3.23. The van der Waals surface area contributed by atoms with Crippen molar-refractivity contribution in [3.8, 4) is 0 Å². The van der Waals surface area contributed by atoms with Crippen LogP contribution in [0.5, 0.6) is 0 Å². The summed E-state index contributed by atoms with van der Waals surface area (Å²) >= 11 is 0.619. The normalized spacial score (nSPS) is 23.1. The van der Waals surface area contributed by atoms with Gasteiger partial charge in [-0.1, -0.05) is 0 Å². The van der Waals surface area contributed by atoms with Crippen LogP contribution in [0.25, 0.3) is 0 Å². The molecule has 16 heavy (non-hydrogen) atoms. The van der Waals surface area contributed by atoms with Crippen molar-refractivity contribution < 1.29 is 9.84 Å². The van der Waals surface area contributed by atoms with Gasteiger partial charge in [-0.05, 0) is 0 Å². The Morgan fingerprint density at radius 3 is 2.81 bits per heavy atom. The van der Waals surface area contributed by atoms with E-state index in [4.69, 9.17) is 4.74 Å². The van der Waals surface area contributed by atoms with Crippen molar-refractivity contribution in [1.29, 1.82) is 0 Å².